The fourth-order valence-electron chi connectivity index (χ4n) is 2.65. The maximum atomic E-state index is 12.7. The summed E-state index contributed by atoms with van der Waals surface area (Å²) < 4.78 is 26.9. The van der Waals surface area contributed by atoms with Crippen LogP contribution in [0, 0.1) is 0 Å². The van der Waals surface area contributed by atoms with E-state index in [0.717, 1.165) is 5.56 Å². The molecule has 1 saturated heterocycles. The van der Waals surface area contributed by atoms with Gasteiger partial charge >= 0.3 is 0 Å². The molecule has 0 aromatic heterocycles. The molecule has 6 heteroatoms. The lowest BCUT2D eigenvalue weighted by atomic mass is 10.0. The van der Waals surface area contributed by atoms with Gasteiger partial charge in [-0.1, -0.05) is 26.0 Å². The van der Waals surface area contributed by atoms with Crippen LogP contribution in [-0.2, 0) is 10.0 Å². The van der Waals surface area contributed by atoms with Gasteiger partial charge in [0.1, 0.15) is 0 Å². The third-order valence-corrected chi connectivity index (χ3v) is 5.55. The molecule has 0 amide bonds. The van der Waals surface area contributed by atoms with Gasteiger partial charge < -0.3 is 5.32 Å². The van der Waals surface area contributed by atoms with Crippen molar-refractivity contribution < 1.29 is 8.42 Å². The quantitative estimate of drug-likeness (QED) is 0.925. The minimum Gasteiger partial charge on any atom is -0.309 e. The van der Waals surface area contributed by atoms with Crippen molar-refractivity contribution >= 4 is 22.4 Å². The Morgan fingerprint density at radius 1 is 1.10 bits per heavy atom. The van der Waals surface area contributed by atoms with Gasteiger partial charge in [0.25, 0.3) is 0 Å². The molecule has 1 aromatic rings. The normalized spacial score (nSPS) is 23.9. The molecule has 1 aliphatic rings. The SMILES string of the molecule is CC1CN(S(=O)(=O)c2ccc(C(C)C)cc2)CC(C)N1.Cl. The van der Waals surface area contributed by atoms with E-state index in [2.05, 4.69) is 19.2 Å². The smallest absolute Gasteiger partial charge is 0.243 e. The van der Waals surface area contributed by atoms with E-state index in [1.165, 1.54) is 0 Å². The molecule has 2 unspecified atom stereocenters. The van der Waals surface area contributed by atoms with E-state index in [4.69, 9.17) is 0 Å². The van der Waals surface area contributed by atoms with Crippen molar-refractivity contribution in [1.29, 1.82) is 0 Å². The van der Waals surface area contributed by atoms with Crippen LogP contribution >= 0.6 is 12.4 Å². The van der Waals surface area contributed by atoms with Crippen LogP contribution in [0.25, 0.3) is 0 Å². The largest absolute Gasteiger partial charge is 0.309 e. The Bertz CT molecular complexity index is 548. The second kappa shape index (κ2) is 7.09. The zero-order valence-electron chi connectivity index (χ0n) is 13.0. The van der Waals surface area contributed by atoms with Crippen LogP contribution < -0.4 is 5.32 Å². The van der Waals surface area contributed by atoms with Gasteiger partial charge in [0.2, 0.25) is 10.0 Å². The van der Waals surface area contributed by atoms with Crippen molar-refractivity contribution in [3.63, 3.8) is 0 Å². The number of rotatable bonds is 3. The van der Waals surface area contributed by atoms with E-state index < -0.39 is 10.0 Å². The summed E-state index contributed by atoms with van der Waals surface area (Å²) in [5, 5.41) is 3.35. The van der Waals surface area contributed by atoms with Gasteiger partial charge in [0.05, 0.1) is 4.90 Å². The van der Waals surface area contributed by atoms with Crippen LogP contribution in [0.2, 0.25) is 0 Å². The number of benzene rings is 1. The Morgan fingerprint density at radius 3 is 2.00 bits per heavy atom. The predicted molar refractivity (Wildman–Crippen MR) is 88.6 cm³/mol. The maximum Gasteiger partial charge on any atom is 0.243 e. The first-order valence-corrected chi connectivity index (χ1v) is 8.61. The van der Waals surface area contributed by atoms with Gasteiger partial charge in [0, 0.05) is 25.2 Å². The fourth-order valence-corrected chi connectivity index (χ4v) is 4.26. The summed E-state index contributed by atoms with van der Waals surface area (Å²) in [6.07, 6.45) is 0. The highest BCUT2D eigenvalue weighted by Crippen LogP contribution is 2.21. The van der Waals surface area contributed by atoms with Gasteiger partial charge in [-0.3, -0.25) is 0 Å². The number of halogens is 1. The summed E-state index contributed by atoms with van der Waals surface area (Å²) in [4.78, 5) is 0.392. The number of nitrogens with zero attached hydrogens (tertiary/aromatic N) is 1. The molecule has 120 valence electrons. The molecule has 1 heterocycles. The average Bonchev–Trinajstić information content (AvgIpc) is 2.37. The minimum absolute atomic E-state index is 0. The molecule has 1 aromatic carbocycles. The fraction of sp³-hybridized carbons (Fsp3) is 0.600. The van der Waals surface area contributed by atoms with Crippen molar-refractivity contribution in [2.45, 2.75) is 50.6 Å². The lowest BCUT2D eigenvalue weighted by Crippen LogP contribution is -2.55. The molecule has 0 spiro atoms. The molecule has 0 radical (unpaired) electrons. The number of piperazine rings is 1. The molecular weight excluding hydrogens is 308 g/mol. The molecule has 4 nitrogen and oxygen atoms in total. The van der Waals surface area contributed by atoms with E-state index in [9.17, 15) is 8.42 Å². The summed E-state index contributed by atoms with van der Waals surface area (Å²) in [6, 6.07) is 7.63. The van der Waals surface area contributed by atoms with Crippen molar-refractivity contribution in [3.05, 3.63) is 29.8 Å². The molecule has 1 fully saturated rings. The molecular formula is C15H25ClN2O2S. The second-order valence-electron chi connectivity index (χ2n) is 6.01. The molecule has 21 heavy (non-hydrogen) atoms. The topological polar surface area (TPSA) is 49.4 Å². The first-order chi connectivity index (χ1) is 9.30. The van der Waals surface area contributed by atoms with E-state index in [-0.39, 0.29) is 24.5 Å². The summed E-state index contributed by atoms with van der Waals surface area (Å²) in [5.74, 6) is 0.408. The highest BCUT2D eigenvalue weighted by Gasteiger charge is 2.31. The summed E-state index contributed by atoms with van der Waals surface area (Å²) in [5.41, 5.74) is 1.16. The van der Waals surface area contributed by atoms with Gasteiger partial charge in [-0.2, -0.15) is 4.31 Å². The number of nitrogens with one attached hydrogen (secondary N) is 1. The van der Waals surface area contributed by atoms with Gasteiger partial charge in [-0.15, -0.1) is 12.4 Å². The zero-order valence-corrected chi connectivity index (χ0v) is 14.7. The summed E-state index contributed by atoms with van der Waals surface area (Å²) >= 11 is 0. The van der Waals surface area contributed by atoms with Crippen molar-refractivity contribution in [2.75, 3.05) is 13.1 Å². The number of hydrogen-bond acceptors (Lipinski definition) is 3. The van der Waals surface area contributed by atoms with Crippen LogP contribution in [0.5, 0.6) is 0 Å². The molecule has 1 N–H and O–H groups in total. The van der Waals surface area contributed by atoms with E-state index in [1.54, 1.807) is 16.4 Å². The van der Waals surface area contributed by atoms with E-state index >= 15 is 0 Å². The van der Waals surface area contributed by atoms with E-state index in [0.29, 0.717) is 23.9 Å². The highest BCUT2D eigenvalue weighted by molar-refractivity contribution is 7.89. The van der Waals surface area contributed by atoms with Crippen LogP contribution in [0.3, 0.4) is 0 Å². The minimum atomic E-state index is -3.38. The maximum absolute atomic E-state index is 12.7. The molecule has 2 atom stereocenters. The molecule has 0 aliphatic carbocycles. The molecule has 0 bridgehead atoms. The molecule has 2 rings (SSSR count). The Hall–Kier alpha value is -0.620. The average molecular weight is 333 g/mol. The van der Waals surface area contributed by atoms with Crippen LogP contribution in [0.1, 0.15) is 39.2 Å². The monoisotopic (exact) mass is 332 g/mol. The Labute approximate surface area is 134 Å². The Balaban J connectivity index is 0.00000220. The third-order valence-electron chi connectivity index (χ3n) is 3.71. The summed E-state index contributed by atoms with van der Waals surface area (Å²) in [6.45, 7) is 9.28. The molecule has 0 saturated carbocycles. The number of sulfonamides is 1. The first kappa shape index (κ1) is 18.4. The van der Waals surface area contributed by atoms with Crippen LogP contribution in [0.4, 0.5) is 0 Å². The third kappa shape index (κ3) is 4.19. The predicted octanol–water partition coefficient (Wildman–Crippen LogP) is 2.60. The van der Waals surface area contributed by atoms with Crippen molar-refractivity contribution in [2.24, 2.45) is 0 Å². The van der Waals surface area contributed by atoms with Crippen molar-refractivity contribution in [3.8, 4) is 0 Å². The molecule has 1 aliphatic heterocycles. The Kier molecular flexibility index (Phi) is 6.23. The lowest BCUT2D eigenvalue weighted by Gasteiger charge is -2.35. The van der Waals surface area contributed by atoms with Crippen molar-refractivity contribution in [1.82, 2.24) is 9.62 Å². The van der Waals surface area contributed by atoms with Crippen LogP contribution in [0.15, 0.2) is 29.2 Å². The van der Waals surface area contributed by atoms with Gasteiger partial charge in [-0.05, 0) is 37.5 Å². The first-order valence-electron chi connectivity index (χ1n) is 7.17. The lowest BCUT2D eigenvalue weighted by molar-refractivity contribution is 0.263. The zero-order chi connectivity index (χ0) is 14.9. The second-order valence-corrected chi connectivity index (χ2v) is 7.95. The van der Waals surface area contributed by atoms with Crippen LogP contribution in [-0.4, -0.2) is 37.9 Å². The highest BCUT2D eigenvalue weighted by atomic mass is 35.5. The van der Waals surface area contributed by atoms with Gasteiger partial charge in [0.15, 0.2) is 0 Å². The summed E-state index contributed by atoms with van der Waals surface area (Å²) in [7, 11) is -3.38. The van der Waals surface area contributed by atoms with E-state index in [1.807, 2.05) is 26.0 Å². The van der Waals surface area contributed by atoms with Gasteiger partial charge in [-0.25, -0.2) is 8.42 Å². The number of hydrogen-bond donors (Lipinski definition) is 1. The standard InChI is InChI=1S/C15H24N2O2S.ClH/c1-11(2)14-5-7-15(8-6-14)20(18,19)17-9-12(3)16-13(4)10-17;/h5-8,11-13,16H,9-10H2,1-4H3;1H. The Morgan fingerprint density at radius 2 is 1.57 bits per heavy atom.